The van der Waals surface area contributed by atoms with Crippen molar-refractivity contribution in [2.45, 2.75) is 79.1 Å². The van der Waals surface area contributed by atoms with E-state index in [9.17, 15) is 0 Å². The van der Waals surface area contributed by atoms with E-state index in [1.165, 1.54) is 33.6 Å². The van der Waals surface area contributed by atoms with Gasteiger partial charge in [0.25, 0.3) is 0 Å². The molecule has 1 saturated heterocycles. The van der Waals surface area contributed by atoms with Gasteiger partial charge in [0.05, 0.1) is 13.8 Å². The van der Waals surface area contributed by atoms with E-state index in [0.717, 1.165) is 25.5 Å². The summed E-state index contributed by atoms with van der Waals surface area (Å²) in [6.45, 7) is 21.4. The van der Waals surface area contributed by atoms with Crippen molar-refractivity contribution in [3.63, 3.8) is 0 Å². The predicted molar refractivity (Wildman–Crippen MR) is 135 cm³/mol. The van der Waals surface area contributed by atoms with Gasteiger partial charge < -0.3 is 14.5 Å². The van der Waals surface area contributed by atoms with Gasteiger partial charge in [-0.05, 0) is 46.4 Å². The van der Waals surface area contributed by atoms with E-state index in [1.807, 2.05) is 0 Å². The molecule has 3 heteroatoms. The maximum absolute atomic E-state index is 5.81. The van der Waals surface area contributed by atoms with Gasteiger partial charge in [0, 0.05) is 30.0 Å². The van der Waals surface area contributed by atoms with Crippen LogP contribution in [0.3, 0.4) is 0 Å². The summed E-state index contributed by atoms with van der Waals surface area (Å²) in [7, 11) is 1.80. The van der Waals surface area contributed by atoms with Gasteiger partial charge in [0.2, 0.25) is 0 Å². The zero-order valence-electron chi connectivity index (χ0n) is 21.1. The van der Waals surface area contributed by atoms with Crippen LogP contribution in [-0.4, -0.2) is 26.9 Å². The minimum Gasteiger partial charge on any atom is -0.496 e. The molecule has 0 atom stereocenters. The minimum atomic E-state index is 0.409. The van der Waals surface area contributed by atoms with Gasteiger partial charge in [-0.3, -0.25) is 0 Å². The van der Waals surface area contributed by atoms with E-state index in [2.05, 4.69) is 95.5 Å². The van der Waals surface area contributed by atoms with Crippen LogP contribution in [0.2, 0.25) is 0 Å². The maximum Gasteiger partial charge on any atom is 0.124 e. The van der Waals surface area contributed by atoms with Crippen molar-refractivity contribution in [3.8, 4) is 5.75 Å². The number of benzene rings is 2. The van der Waals surface area contributed by atoms with E-state index < -0.39 is 0 Å². The van der Waals surface area contributed by atoms with Crippen molar-refractivity contribution in [2.75, 3.05) is 36.7 Å². The second kappa shape index (κ2) is 9.54. The first-order valence-electron chi connectivity index (χ1n) is 12.0. The second-order valence-corrected chi connectivity index (χ2v) is 10.2. The van der Waals surface area contributed by atoms with Gasteiger partial charge in [-0.1, -0.05) is 79.7 Å². The summed E-state index contributed by atoms with van der Waals surface area (Å²) in [5.74, 6) is 2.92. The van der Waals surface area contributed by atoms with Crippen LogP contribution < -0.4 is 14.5 Å². The first kappa shape index (κ1) is 23.5. The van der Waals surface area contributed by atoms with Crippen LogP contribution in [0.5, 0.6) is 5.75 Å². The maximum atomic E-state index is 5.81. The lowest BCUT2D eigenvalue weighted by molar-refractivity contribution is 0.407. The lowest BCUT2D eigenvalue weighted by Gasteiger charge is -2.31. The summed E-state index contributed by atoms with van der Waals surface area (Å²) < 4.78 is 5.81. The van der Waals surface area contributed by atoms with Gasteiger partial charge in [0.15, 0.2) is 0 Å². The highest BCUT2D eigenvalue weighted by atomic mass is 16.5. The molecule has 0 aliphatic carbocycles. The third-order valence-electron chi connectivity index (χ3n) is 6.58. The van der Waals surface area contributed by atoms with Crippen LogP contribution in [0.15, 0.2) is 30.3 Å². The van der Waals surface area contributed by atoms with E-state index in [1.54, 1.807) is 7.11 Å². The normalized spacial score (nSPS) is 14.6. The molecule has 0 amide bonds. The standard InChI is InChI=1S/C28H42N2O/c1-18(2)22-11-10-12-23(19(3)4)27(22)29-15-16-30(17-29)28-24(20(5)6)13-14-25(31-9)26(28)21(7)8/h10-14,18-21H,15-17H2,1-9H3. The van der Waals surface area contributed by atoms with Crippen LogP contribution in [0, 0.1) is 0 Å². The van der Waals surface area contributed by atoms with Crippen molar-refractivity contribution in [1.29, 1.82) is 0 Å². The number of hydrogen-bond donors (Lipinski definition) is 0. The van der Waals surface area contributed by atoms with Crippen molar-refractivity contribution in [2.24, 2.45) is 0 Å². The fourth-order valence-corrected chi connectivity index (χ4v) is 4.99. The molecule has 3 nitrogen and oxygen atoms in total. The summed E-state index contributed by atoms with van der Waals surface area (Å²) in [4.78, 5) is 5.20. The highest BCUT2D eigenvalue weighted by molar-refractivity contribution is 5.70. The third-order valence-corrected chi connectivity index (χ3v) is 6.58. The summed E-state index contributed by atoms with van der Waals surface area (Å²) in [5, 5.41) is 0. The summed E-state index contributed by atoms with van der Waals surface area (Å²) in [6.07, 6.45) is 0. The Labute approximate surface area is 190 Å². The van der Waals surface area contributed by atoms with Crippen molar-refractivity contribution in [1.82, 2.24) is 0 Å². The molecule has 1 aliphatic rings. The molecule has 0 unspecified atom stereocenters. The lowest BCUT2D eigenvalue weighted by Crippen LogP contribution is -2.28. The topological polar surface area (TPSA) is 15.7 Å². The number of methoxy groups -OCH3 is 1. The Hall–Kier alpha value is -2.16. The van der Waals surface area contributed by atoms with Crippen molar-refractivity contribution >= 4 is 11.4 Å². The quantitative estimate of drug-likeness (QED) is 0.460. The molecule has 0 aromatic heterocycles. The van der Waals surface area contributed by atoms with E-state index in [0.29, 0.717) is 23.7 Å². The molecule has 1 fully saturated rings. The molecular weight excluding hydrogens is 380 g/mol. The van der Waals surface area contributed by atoms with Gasteiger partial charge in [-0.25, -0.2) is 0 Å². The number of rotatable bonds is 7. The molecule has 0 radical (unpaired) electrons. The van der Waals surface area contributed by atoms with Crippen molar-refractivity contribution < 1.29 is 4.74 Å². The largest absolute Gasteiger partial charge is 0.496 e. The molecule has 0 spiro atoms. The molecule has 170 valence electrons. The molecule has 1 aliphatic heterocycles. The SMILES string of the molecule is COc1ccc(C(C)C)c(N2CCN(c3c(C(C)C)cccc3C(C)C)C2)c1C(C)C. The minimum absolute atomic E-state index is 0.409. The van der Waals surface area contributed by atoms with Crippen LogP contribution in [0.1, 0.15) is 101 Å². The average molecular weight is 423 g/mol. The zero-order valence-corrected chi connectivity index (χ0v) is 21.1. The molecular formula is C28H42N2O. The Morgan fingerprint density at radius 3 is 1.58 bits per heavy atom. The number of anilines is 2. The summed E-state index contributed by atoms with van der Waals surface area (Å²) >= 11 is 0. The lowest BCUT2D eigenvalue weighted by atomic mass is 9.91. The Kier molecular flexibility index (Phi) is 7.24. The molecule has 0 N–H and O–H groups in total. The number of para-hydroxylation sites is 1. The van der Waals surface area contributed by atoms with E-state index >= 15 is 0 Å². The van der Waals surface area contributed by atoms with Gasteiger partial charge >= 0.3 is 0 Å². The van der Waals surface area contributed by atoms with Crippen molar-refractivity contribution in [3.05, 3.63) is 52.6 Å². The number of nitrogens with zero attached hydrogens (tertiary/aromatic N) is 2. The molecule has 2 aromatic rings. The second-order valence-electron chi connectivity index (χ2n) is 10.2. The Morgan fingerprint density at radius 1 is 0.645 bits per heavy atom. The van der Waals surface area contributed by atoms with Crippen LogP contribution in [0.25, 0.3) is 0 Å². The molecule has 2 aromatic carbocycles. The fourth-order valence-electron chi connectivity index (χ4n) is 4.99. The highest BCUT2D eigenvalue weighted by Gasteiger charge is 2.30. The molecule has 0 saturated carbocycles. The Bertz CT molecular complexity index is 872. The van der Waals surface area contributed by atoms with Crippen LogP contribution >= 0.6 is 0 Å². The van der Waals surface area contributed by atoms with E-state index in [4.69, 9.17) is 4.74 Å². The Balaban J connectivity index is 2.09. The molecule has 1 heterocycles. The van der Waals surface area contributed by atoms with Gasteiger partial charge in [0.1, 0.15) is 5.75 Å². The third kappa shape index (κ3) is 4.56. The zero-order chi connectivity index (χ0) is 22.9. The van der Waals surface area contributed by atoms with Gasteiger partial charge in [-0.2, -0.15) is 0 Å². The predicted octanol–water partition coefficient (Wildman–Crippen LogP) is 7.47. The average Bonchev–Trinajstić information content (AvgIpc) is 3.21. The Morgan fingerprint density at radius 2 is 1.13 bits per heavy atom. The highest BCUT2D eigenvalue weighted by Crippen LogP contribution is 2.43. The first-order valence-corrected chi connectivity index (χ1v) is 12.0. The van der Waals surface area contributed by atoms with E-state index in [-0.39, 0.29) is 0 Å². The number of ether oxygens (including phenoxy) is 1. The molecule has 3 rings (SSSR count). The monoisotopic (exact) mass is 422 g/mol. The number of hydrogen-bond acceptors (Lipinski definition) is 3. The van der Waals surface area contributed by atoms with Crippen LogP contribution in [0.4, 0.5) is 11.4 Å². The first-order chi connectivity index (χ1) is 14.7. The van der Waals surface area contributed by atoms with Gasteiger partial charge in [-0.15, -0.1) is 0 Å². The summed E-state index contributed by atoms with van der Waals surface area (Å²) in [5.41, 5.74) is 8.54. The fraction of sp³-hybridized carbons (Fsp3) is 0.571. The molecule has 0 bridgehead atoms. The smallest absolute Gasteiger partial charge is 0.124 e. The van der Waals surface area contributed by atoms with Crippen LogP contribution in [-0.2, 0) is 0 Å². The summed E-state index contributed by atoms with van der Waals surface area (Å²) in [6, 6.07) is 11.3. The molecule has 31 heavy (non-hydrogen) atoms.